The topological polar surface area (TPSA) is 77.5 Å². The monoisotopic (exact) mass is 411 g/mol. The maximum Gasteiger partial charge on any atom is 0.305 e. The van der Waals surface area contributed by atoms with Crippen LogP contribution in [0.2, 0.25) is 0 Å². The summed E-state index contributed by atoms with van der Waals surface area (Å²) >= 11 is 0. The van der Waals surface area contributed by atoms with E-state index in [0.29, 0.717) is 44.1 Å². The third-order valence-electron chi connectivity index (χ3n) is 6.18. The van der Waals surface area contributed by atoms with Gasteiger partial charge in [-0.05, 0) is 37.5 Å². The summed E-state index contributed by atoms with van der Waals surface area (Å²) in [6, 6.07) is 11.8. The van der Waals surface area contributed by atoms with Crippen LogP contribution in [0.1, 0.15) is 37.3 Å². The van der Waals surface area contributed by atoms with E-state index in [0.717, 1.165) is 29.0 Å². The van der Waals surface area contributed by atoms with Crippen LogP contribution in [0.3, 0.4) is 0 Å². The second-order valence-electron chi connectivity index (χ2n) is 7.81. The lowest BCUT2D eigenvalue weighted by Crippen LogP contribution is -2.47. The molecule has 158 valence electrons. The van der Waals surface area contributed by atoms with Gasteiger partial charge in [0.25, 0.3) is 0 Å². The van der Waals surface area contributed by atoms with E-state index in [-0.39, 0.29) is 12.8 Å². The van der Waals surface area contributed by atoms with Gasteiger partial charge in [0.2, 0.25) is 6.79 Å². The molecular weight excluding hydrogens is 386 g/mol. The number of carbonyl (C=O) groups is 1. The second kappa shape index (κ2) is 7.40. The molecule has 1 N–H and O–H groups in total. The summed E-state index contributed by atoms with van der Waals surface area (Å²) in [5.74, 6) is 1.89. The normalized spacial score (nSPS) is 22.7. The van der Waals surface area contributed by atoms with E-state index < -0.39 is 11.6 Å². The molecule has 0 saturated carbocycles. The number of anilines is 1. The van der Waals surface area contributed by atoms with Gasteiger partial charge in [-0.3, -0.25) is 4.79 Å². The molecule has 0 saturated heterocycles. The Morgan fingerprint density at radius 2 is 1.93 bits per heavy atom. The first-order chi connectivity index (χ1) is 14.6. The number of carbonyl (C=O) groups excluding carboxylic acids is 1. The lowest BCUT2D eigenvalue weighted by Gasteiger charge is -2.32. The minimum atomic E-state index is -0.779. The van der Waals surface area contributed by atoms with E-state index in [4.69, 9.17) is 18.9 Å². The fraction of sp³-hybridized carbons (Fsp3) is 0.435. The van der Waals surface area contributed by atoms with Crippen molar-refractivity contribution in [3.8, 4) is 17.2 Å². The van der Waals surface area contributed by atoms with Crippen LogP contribution in [-0.2, 0) is 14.9 Å². The van der Waals surface area contributed by atoms with Crippen LogP contribution >= 0.6 is 0 Å². The van der Waals surface area contributed by atoms with E-state index in [9.17, 15) is 9.90 Å². The number of unbranched alkanes of at least 4 members (excludes halogenated alkanes) is 1. The van der Waals surface area contributed by atoms with Crippen molar-refractivity contribution >= 4 is 11.7 Å². The van der Waals surface area contributed by atoms with E-state index in [1.807, 2.05) is 42.2 Å². The minimum absolute atomic E-state index is 0.175. The average molecular weight is 411 g/mol. The van der Waals surface area contributed by atoms with E-state index >= 15 is 0 Å². The molecule has 0 radical (unpaired) electrons. The summed E-state index contributed by atoms with van der Waals surface area (Å²) in [5, 5.41) is 11.5. The first-order valence-electron chi connectivity index (χ1n) is 10.4. The van der Waals surface area contributed by atoms with Crippen molar-refractivity contribution in [2.45, 2.75) is 37.8 Å². The first kappa shape index (κ1) is 19.1. The number of aliphatic hydroxyl groups excluding tert-OH is 1. The Kier molecular flexibility index (Phi) is 4.70. The number of hydrogen-bond acceptors (Lipinski definition) is 7. The highest BCUT2D eigenvalue weighted by Gasteiger charge is 2.56. The van der Waals surface area contributed by atoms with Gasteiger partial charge in [0, 0.05) is 30.3 Å². The van der Waals surface area contributed by atoms with E-state index in [2.05, 4.69) is 6.07 Å². The number of rotatable bonds is 6. The fourth-order valence-corrected chi connectivity index (χ4v) is 4.76. The predicted octanol–water partition coefficient (Wildman–Crippen LogP) is 2.97. The molecule has 0 amide bonds. The summed E-state index contributed by atoms with van der Waals surface area (Å²) in [5.41, 5.74) is 2.27. The average Bonchev–Trinajstić information content (AvgIpc) is 3.42. The van der Waals surface area contributed by atoms with Crippen molar-refractivity contribution in [1.29, 1.82) is 0 Å². The number of fused-ring (bicyclic) bond motifs is 5. The Morgan fingerprint density at radius 3 is 2.77 bits per heavy atom. The summed E-state index contributed by atoms with van der Waals surface area (Å²) in [6.45, 7) is 3.39. The molecule has 5 rings (SSSR count). The minimum Gasteiger partial charge on any atom is -0.492 e. The maximum atomic E-state index is 11.6. The highest BCUT2D eigenvalue weighted by Crippen LogP contribution is 2.56. The lowest BCUT2D eigenvalue weighted by atomic mass is 9.76. The molecule has 3 aliphatic heterocycles. The molecule has 3 aliphatic rings. The molecule has 7 heteroatoms. The molecule has 3 heterocycles. The smallest absolute Gasteiger partial charge is 0.305 e. The first-order valence-corrected chi connectivity index (χ1v) is 10.4. The van der Waals surface area contributed by atoms with Crippen LogP contribution in [0.4, 0.5) is 5.69 Å². The largest absolute Gasteiger partial charge is 0.492 e. The van der Waals surface area contributed by atoms with Crippen LogP contribution in [0.25, 0.3) is 0 Å². The lowest BCUT2D eigenvalue weighted by molar-refractivity contribution is -0.143. The number of hydrogen-bond donors (Lipinski definition) is 1. The maximum absolute atomic E-state index is 11.6. The van der Waals surface area contributed by atoms with Crippen LogP contribution in [-0.4, -0.2) is 43.9 Å². The van der Waals surface area contributed by atoms with Crippen molar-refractivity contribution in [3.63, 3.8) is 0 Å². The third kappa shape index (κ3) is 2.80. The zero-order chi connectivity index (χ0) is 20.7. The van der Waals surface area contributed by atoms with Crippen LogP contribution in [0.15, 0.2) is 36.4 Å². The number of ether oxygens (including phenoxy) is 4. The molecule has 2 unspecified atom stereocenters. The summed E-state index contributed by atoms with van der Waals surface area (Å²) in [4.78, 5) is 13.6. The van der Waals surface area contributed by atoms with Gasteiger partial charge in [-0.1, -0.05) is 18.2 Å². The van der Waals surface area contributed by atoms with Gasteiger partial charge in [-0.25, -0.2) is 0 Å². The van der Waals surface area contributed by atoms with E-state index in [1.165, 1.54) is 0 Å². The Bertz CT molecular complexity index is 976. The number of esters is 1. The zero-order valence-electron chi connectivity index (χ0n) is 16.9. The standard InChI is InChI=1S/C23H25NO6/c1-2-27-21(25)9-5-6-10-24-17-8-4-3-7-15(17)23(22(24)26)13-28-18-12-20-19(11-16(18)23)29-14-30-20/h3-4,7-8,11-12,22,26H,2,5-6,9-10,13-14H2,1H3. The quantitative estimate of drug-likeness (QED) is 0.578. The Hall–Kier alpha value is -2.93. The van der Waals surface area contributed by atoms with Gasteiger partial charge in [0.15, 0.2) is 11.5 Å². The molecule has 0 fully saturated rings. The fourth-order valence-electron chi connectivity index (χ4n) is 4.76. The van der Waals surface area contributed by atoms with Gasteiger partial charge in [0.1, 0.15) is 24.0 Å². The van der Waals surface area contributed by atoms with Crippen LogP contribution in [0.5, 0.6) is 17.2 Å². The van der Waals surface area contributed by atoms with Crippen LogP contribution in [0, 0.1) is 0 Å². The Morgan fingerprint density at radius 1 is 1.13 bits per heavy atom. The Labute approximate surface area is 175 Å². The number of para-hydroxylation sites is 1. The van der Waals surface area contributed by atoms with Gasteiger partial charge < -0.3 is 29.0 Å². The molecule has 0 aromatic heterocycles. The van der Waals surface area contributed by atoms with Crippen molar-refractivity contribution in [2.75, 3.05) is 31.5 Å². The number of benzene rings is 2. The predicted molar refractivity (Wildman–Crippen MR) is 109 cm³/mol. The van der Waals surface area contributed by atoms with Crippen molar-refractivity contribution < 1.29 is 28.8 Å². The molecule has 0 aliphatic carbocycles. The molecule has 0 bridgehead atoms. The Balaban J connectivity index is 1.43. The van der Waals surface area contributed by atoms with Gasteiger partial charge >= 0.3 is 5.97 Å². The molecule has 1 spiro atoms. The van der Waals surface area contributed by atoms with Gasteiger partial charge in [-0.2, -0.15) is 0 Å². The molecular formula is C23H25NO6. The molecule has 30 heavy (non-hydrogen) atoms. The SMILES string of the molecule is CCOC(=O)CCCCN1c2ccccc2C2(COc3cc4c(cc32)OCO4)C1O. The number of nitrogens with zero attached hydrogens (tertiary/aromatic N) is 1. The highest BCUT2D eigenvalue weighted by atomic mass is 16.7. The second-order valence-corrected chi connectivity index (χ2v) is 7.81. The summed E-state index contributed by atoms with van der Waals surface area (Å²) in [6.07, 6.45) is 1.09. The summed E-state index contributed by atoms with van der Waals surface area (Å²) < 4.78 is 22.1. The van der Waals surface area contributed by atoms with Crippen molar-refractivity contribution in [1.82, 2.24) is 0 Å². The molecule has 7 nitrogen and oxygen atoms in total. The van der Waals surface area contributed by atoms with Crippen molar-refractivity contribution in [2.24, 2.45) is 0 Å². The van der Waals surface area contributed by atoms with Crippen LogP contribution < -0.4 is 19.1 Å². The third-order valence-corrected chi connectivity index (χ3v) is 6.18. The number of aliphatic hydroxyl groups is 1. The van der Waals surface area contributed by atoms with Gasteiger partial charge in [0.05, 0.1) is 6.61 Å². The van der Waals surface area contributed by atoms with E-state index in [1.54, 1.807) is 0 Å². The molecule has 2 aromatic rings. The van der Waals surface area contributed by atoms with Crippen molar-refractivity contribution in [3.05, 3.63) is 47.5 Å². The highest BCUT2D eigenvalue weighted by molar-refractivity contribution is 5.72. The molecule has 2 atom stereocenters. The summed E-state index contributed by atoms with van der Waals surface area (Å²) in [7, 11) is 0. The molecule has 2 aromatic carbocycles. The van der Waals surface area contributed by atoms with Gasteiger partial charge in [-0.15, -0.1) is 0 Å². The zero-order valence-corrected chi connectivity index (χ0v) is 16.9.